The van der Waals surface area contributed by atoms with Crippen LogP contribution in [0.1, 0.15) is 44.0 Å². The summed E-state index contributed by atoms with van der Waals surface area (Å²) < 4.78 is 0. The van der Waals surface area contributed by atoms with E-state index in [-0.39, 0.29) is 23.7 Å². The summed E-state index contributed by atoms with van der Waals surface area (Å²) in [5.74, 6) is 0.470. The molecule has 1 saturated carbocycles. The Bertz CT molecular complexity index is 992. The van der Waals surface area contributed by atoms with Gasteiger partial charge in [-0.15, -0.1) is 0 Å². The molecule has 3 atom stereocenters. The van der Waals surface area contributed by atoms with Crippen LogP contribution in [0.2, 0.25) is 0 Å². The average molecular weight is 390 g/mol. The highest BCUT2D eigenvalue weighted by atomic mass is 16.2. The molecule has 0 unspecified atom stereocenters. The predicted octanol–water partition coefficient (Wildman–Crippen LogP) is 3.76. The Hall–Kier alpha value is -3.15. The van der Waals surface area contributed by atoms with Crippen molar-refractivity contribution < 1.29 is 9.59 Å². The second-order valence-electron chi connectivity index (χ2n) is 7.75. The van der Waals surface area contributed by atoms with Gasteiger partial charge in [0.15, 0.2) is 0 Å². The number of carbonyl (C=O) groups excluding carboxylic acids is 2. The van der Waals surface area contributed by atoms with E-state index < -0.39 is 6.04 Å². The van der Waals surface area contributed by atoms with E-state index >= 15 is 0 Å². The van der Waals surface area contributed by atoms with E-state index in [4.69, 9.17) is 0 Å². The molecule has 4 rings (SSSR count). The molecule has 2 amide bonds. The quantitative estimate of drug-likeness (QED) is 0.574. The van der Waals surface area contributed by atoms with Crippen molar-refractivity contribution >= 4 is 28.5 Å². The van der Waals surface area contributed by atoms with Gasteiger partial charge in [-0.1, -0.05) is 37.6 Å². The summed E-state index contributed by atoms with van der Waals surface area (Å²) in [6, 6.07) is 15.1. The molecule has 1 fully saturated rings. The third kappa shape index (κ3) is 4.31. The minimum absolute atomic E-state index is 0.0868. The number of carbonyl (C=O) groups is 2. The number of fused-ring (bicyclic) bond motifs is 1. The molecule has 3 aromatic rings. The Kier molecular flexibility index (Phi) is 5.34. The molecule has 6 heteroatoms. The first-order chi connectivity index (χ1) is 14.0. The average Bonchev–Trinajstić information content (AvgIpc) is 3.41. The second kappa shape index (κ2) is 8.07. The van der Waals surface area contributed by atoms with Crippen LogP contribution in [0.5, 0.6) is 0 Å². The van der Waals surface area contributed by atoms with Crippen molar-refractivity contribution in [3.8, 4) is 0 Å². The van der Waals surface area contributed by atoms with Crippen LogP contribution in [0.4, 0.5) is 5.69 Å². The normalized spacial score (nSPS) is 19.0. The molecule has 150 valence electrons. The Balaban J connectivity index is 1.30. The number of para-hydroxylation sites is 2. The van der Waals surface area contributed by atoms with E-state index in [1.54, 1.807) is 6.92 Å². The molecule has 3 N–H and O–H groups in total. The molecule has 1 heterocycles. The zero-order valence-corrected chi connectivity index (χ0v) is 16.7. The monoisotopic (exact) mass is 390 g/mol. The molecule has 29 heavy (non-hydrogen) atoms. The van der Waals surface area contributed by atoms with Crippen molar-refractivity contribution in [2.24, 2.45) is 5.92 Å². The van der Waals surface area contributed by atoms with Gasteiger partial charge in [-0.25, -0.2) is 4.98 Å². The van der Waals surface area contributed by atoms with Crippen LogP contribution in [-0.2, 0) is 16.0 Å². The maximum absolute atomic E-state index is 12.6. The van der Waals surface area contributed by atoms with E-state index in [1.165, 1.54) is 5.56 Å². The number of rotatable bonds is 7. The lowest BCUT2D eigenvalue weighted by molar-refractivity contribution is -0.127. The number of anilines is 1. The number of hydrogen-bond donors (Lipinski definition) is 3. The molecule has 1 aliphatic rings. The first-order valence-corrected chi connectivity index (χ1v) is 10.2. The Morgan fingerprint density at radius 2 is 1.93 bits per heavy atom. The van der Waals surface area contributed by atoms with Gasteiger partial charge in [0.1, 0.15) is 11.9 Å². The number of aromatic amines is 1. The summed E-state index contributed by atoms with van der Waals surface area (Å²) in [5.41, 5.74) is 3.87. The highest BCUT2D eigenvalue weighted by Gasteiger charge is 2.46. The van der Waals surface area contributed by atoms with Gasteiger partial charge in [0.05, 0.1) is 11.0 Å². The van der Waals surface area contributed by atoms with Gasteiger partial charge >= 0.3 is 0 Å². The fourth-order valence-corrected chi connectivity index (χ4v) is 3.62. The third-order valence-electron chi connectivity index (χ3n) is 5.40. The van der Waals surface area contributed by atoms with Crippen LogP contribution in [0.15, 0.2) is 48.5 Å². The fraction of sp³-hybridized carbons (Fsp3) is 0.348. The molecule has 0 radical (unpaired) electrons. The lowest BCUT2D eigenvalue weighted by Crippen LogP contribution is -2.42. The SMILES string of the molecule is CCCc1ccc(NC(=O)[C@H](C)NC(=O)[C@@H]2C[C@H]2c2nc3ccccc3[nH]2)cc1. The van der Waals surface area contributed by atoms with Gasteiger partial charge in [-0.2, -0.15) is 0 Å². The first-order valence-electron chi connectivity index (χ1n) is 10.2. The van der Waals surface area contributed by atoms with Gasteiger partial charge in [-0.3, -0.25) is 9.59 Å². The number of aromatic nitrogens is 2. The van der Waals surface area contributed by atoms with Crippen LogP contribution in [0.25, 0.3) is 11.0 Å². The van der Waals surface area contributed by atoms with E-state index in [0.29, 0.717) is 0 Å². The van der Waals surface area contributed by atoms with Crippen LogP contribution in [0.3, 0.4) is 0 Å². The van der Waals surface area contributed by atoms with Crippen molar-refractivity contribution in [2.75, 3.05) is 5.32 Å². The number of benzene rings is 2. The maximum Gasteiger partial charge on any atom is 0.246 e. The number of H-pyrrole nitrogens is 1. The molecular formula is C23H26N4O2. The van der Waals surface area contributed by atoms with Crippen LogP contribution in [-0.4, -0.2) is 27.8 Å². The summed E-state index contributed by atoms with van der Waals surface area (Å²) in [6.45, 7) is 3.84. The van der Waals surface area contributed by atoms with Crippen LogP contribution < -0.4 is 10.6 Å². The third-order valence-corrected chi connectivity index (χ3v) is 5.40. The summed E-state index contributed by atoms with van der Waals surface area (Å²) in [4.78, 5) is 32.9. The second-order valence-corrected chi connectivity index (χ2v) is 7.75. The van der Waals surface area contributed by atoms with Gasteiger partial charge in [0, 0.05) is 17.5 Å². The van der Waals surface area contributed by atoms with E-state index in [1.807, 2.05) is 48.5 Å². The van der Waals surface area contributed by atoms with Crippen molar-refractivity contribution in [2.45, 2.75) is 45.1 Å². The molecular weight excluding hydrogens is 364 g/mol. The van der Waals surface area contributed by atoms with Crippen molar-refractivity contribution in [3.05, 3.63) is 59.9 Å². The van der Waals surface area contributed by atoms with Crippen molar-refractivity contribution in [1.29, 1.82) is 0 Å². The highest BCUT2D eigenvalue weighted by Crippen LogP contribution is 2.46. The van der Waals surface area contributed by atoms with Gasteiger partial charge in [-0.05, 0) is 49.6 Å². The molecule has 0 bridgehead atoms. The van der Waals surface area contributed by atoms with Crippen LogP contribution >= 0.6 is 0 Å². The minimum atomic E-state index is -0.602. The molecule has 6 nitrogen and oxygen atoms in total. The zero-order chi connectivity index (χ0) is 20.4. The van der Waals surface area contributed by atoms with E-state index in [0.717, 1.165) is 41.8 Å². The molecule has 0 spiro atoms. The fourth-order valence-electron chi connectivity index (χ4n) is 3.62. The molecule has 2 aromatic carbocycles. The molecule has 1 aromatic heterocycles. The topological polar surface area (TPSA) is 86.9 Å². The number of imidazole rings is 1. The smallest absolute Gasteiger partial charge is 0.246 e. The molecule has 0 aliphatic heterocycles. The number of amides is 2. The van der Waals surface area contributed by atoms with Gasteiger partial charge < -0.3 is 15.6 Å². The zero-order valence-electron chi connectivity index (χ0n) is 16.7. The number of nitrogens with zero attached hydrogens (tertiary/aromatic N) is 1. The van der Waals surface area contributed by atoms with E-state index in [2.05, 4.69) is 27.5 Å². The molecule has 0 saturated heterocycles. The Morgan fingerprint density at radius 3 is 2.66 bits per heavy atom. The highest BCUT2D eigenvalue weighted by molar-refractivity contribution is 5.97. The standard InChI is InChI=1S/C23H26N4O2/c1-3-6-15-9-11-16(12-10-15)25-22(28)14(2)24-23(29)18-13-17(18)21-26-19-7-4-5-8-20(19)27-21/h4-5,7-12,14,17-18H,3,6,13H2,1-2H3,(H,24,29)(H,25,28)(H,26,27)/t14-,17+,18+/m0/s1. The Morgan fingerprint density at radius 1 is 1.17 bits per heavy atom. The number of aryl methyl sites for hydroxylation is 1. The Labute approximate surface area is 170 Å². The first kappa shape index (κ1) is 19.2. The predicted molar refractivity (Wildman–Crippen MR) is 114 cm³/mol. The van der Waals surface area contributed by atoms with Gasteiger partial charge in [0.25, 0.3) is 0 Å². The van der Waals surface area contributed by atoms with Crippen molar-refractivity contribution in [1.82, 2.24) is 15.3 Å². The van der Waals surface area contributed by atoms with Gasteiger partial charge in [0.2, 0.25) is 11.8 Å². The summed E-state index contributed by atoms with van der Waals surface area (Å²) >= 11 is 0. The lowest BCUT2D eigenvalue weighted by atomic mass is 10.1. The molecule has 1 aliphatic carbocycles. The summed E-state index contributed by atoms with van der Waals surface area (Å²) in [5, 5.41) is 5.70. The van der Waals surface area contributed by atoms with E-state index in [9.17, 15) is 9.59 Å². The number of hydrogen-bond acceptors (Lipinski definition) is 3. The van der Waals surface area contributed by atoms with Crippen molar-refractivity contribution in [3.63, 3.8) is 0 Å². The summed E-state index contributed by atoms with van der Waals surface area (Å²) in [6.07, 6.45) is 2.86. The largest absolute Gasteiger partial charge is 0.344 e. The maximum atomic E-state index is 12.6. The van der Waals surface area contributed by atoms with Crippen LogP contribution in [0, 0.1) is 5.92 Å². The minimum Gasteiger partial charge on any atom is -0.344 e. The summed E-state index contributed by atoms with van der Waals surface area (Å²) in [7, 11) is 0. The lowest BCUT2D eigenvalue weighted by Gasteiger charge is -2.14. The number of nitrogens with one attached hydrogen (secondary N) is 3.